The Morgan fingerprint density at radius 2 is 1.94 bits per heavy atom. The molecule has 6 heteroatoms. The molecule has 1 aromatic rings. The van der Waals surface area contributed by atoms with Gasteiger partial charge in [0.15, 0.2) is 0 Å². The van der Waals surface area contributed by atoms with E-state index >= 15 is 0 Å². The van der Waals surface area contributed by atoms with Crippen LogP contribution in [0.15, 0.2) is 17.0 Å². The molecule has 0 unspecified atom stereocenters. The summed E-state index contributed by atoms with van der Waals surface area (Å²) in [5.41, 5.74) is 1.44. The number of rotatable bonds is 5. The van der Waals surface area contributed by atoms with Gasteiger partial charge in [-0.1, -0.05) is 0 Å². The summed E-state index contributed by atoms with van der Waals surface area (Å²) in [7, 11) is -2.06. The molecule has 5 nitrogen and oxygen atoms in total. The van der Waals surface area contributed by atoms with Crippen molar-refractivity contribution in [2.24, 2.45) is 0 Å². The van der Waals surface area contributed by atoms with E-state index in [0.717, 1.165) is 5.56 Å². The van der Waals surface area contributed by atoms with Gasteiger partial charge in [-0.3, -0.25) is 0 Å². The second kappa shape index (κ2) is 5.69. The number of benzene rings is 1. The topological polar surface area (TPSA) is 75.6 Å². The fourth-order valence-corrected chi connectivity index (χ4v) is 3.01. The summed E-state index contributed by atoms with van der Waals surface area (Å²) < 4.78 is 31.6. The molecular formula is C12H19NO4S. The first-order chi connectivity index (χ1) is 8.29. The van der Waals surface area contributed by atoms with Crippen molar-refractivity contribution >= 4 is 10.0 Å². The van der Waals surface area contributed by atoms with E-state index in [-0.39, 0.29) is 11.4 Å². The van der Waals surface area contributed by atoms with E-state index in [2.05, 4.69) is 4.72 Å². The zero-order valence-corrected chi connectivity index (χ0v) is 11.8. The van der Waals surface area contributed by atoms with Gasteiger partial charge in [0, 0.05) is 6.54 Å². The Morgan fingerprint density at radius 3 is 2.44 bits per heavy atom. The number of sulfonamides is 1. The maximum absolute atomic E-state index is 12.0. The van der Waals surface area contributed by atoms with Crippen LogP contribution in [0, 0.1) is 13.8 Å². The molecule has 102 valence electrons. The Kier molecular flexibility index (Phi) is 4.72. The van der Waals surface area contributed by atoms with Gasteiger partial charge in [0.2, 0.25) is 10.0 Å². The molecule has 0 fully saturated rings. The maximum Gasteiger partial charge on any atom is 0.240 e. The average molecular weight is 273 g/mol. The second-order valence-corrected chi connectivity index (χ2v) is 5.95. The highest BCUT2D eigenvalue weighted by Gasteiger charge is 2.19. The van der Waals surface area contributed by atoms with Gasteiger partial charge in [-0.2, -0.15) is 0 Å². The molecular weight excluding hydrogens is 254 g/mol. The normalized spacial score (nSPS) is 13.4. The van der Waals surface area contributed by atoms with Crippen molar-refractivity contribution in [1.82, 2.24) is 4.72 Å². The lowest BCUT2D eigenvalue weighted by atomic mass is 10.1. The molecule has 0 aliphatic rings. The lowest BCUT2D eigenvalue weighted by Gasteiger charge is -2.14. The third-order valence-corrected chi connectivity index (χ3v) is 4.33. The van der Waals surface area contributed by atoms with Gasteiger partial charge in [-0.25, -0.2) is 13.1 Å². The van der Waals surface area contributed by atoms with Gasteiger partial charge in [-0.15, -0.1) is 0 Å². The molecule has 1 aromatic carbocycles. The van der Waals surface area contributed by atoms with Gasteiger partial charge in [-0.05, 0) is 44.0 Å². The van der Waals surface area contributed by atoms with Crippen LogP contribution in [0.25, 0.3) is 0 Å². The molecule has 1 atom stereocenters. The van der Waals surface area contributed by atoms with Crippen molar-refractivity contribution in [1.29, 1.82) is 0 Å². The van der Waals surface area contributed by atoms with Crippen molar-refractivity contribution in [3.8, 4) is 5.75 Å². The first-order valence-electron chi connectivity index (χ1n) is 5.61. The first-order valence-corrected chi connectivity index (χ1v) is 7.10. The summed E-state index contributed by atoms with van der Waals surface area (Å²) in [4.78, 5) is 0.210. The molecule has 1 rings (SSSR count). The number of nitrogens with one attached hydrogen (secondary N) is 1. The molecule has 0 spiro atoms. The van der Waals surface area contributed by atoms with E-state index in [1.54, 1.807) is 20.1 Å². The molecule has 0 aliphatic carbocycles. The number of aliphatic hydroxyl groups excluding tert-OH is 1. The van der Waals surface area contributed by atoms with E-state index < -0.39 is 16.1 Å². The fraction of sp³-hybridized carbons (Fsp3) is 0.500. The average Bonchev–Trinajstić information content (AvgIpc) is 2.30. The highest BCUT2D eigenvalue weighted by atomic mass is 32.2. The van der Waals surface area contributed by atoms with Crippen LogP contribution < -0.4 is 9.46 Å². The van der Waals surface area contributed by atoms with E-state index in [1.165, 1.54) is 13.0 Å². The van der Waals surface area contributed by atoms with Crippen LogP contribution in [0.3, 0.4) is 0 Å². The quantitative estimate of drug-likeness (QED) is 0.838. The SMILES string of the molecule is COc1ccc(S(=O)(=O)NC[C@H](C)O)c(C)c1C. The summed E-state index contributed by atoms with van der Waals surface area (Å²) in [5.74, 6) is 0.655. The molecule has 0 saturated heterocycles. The van der Waals surface area contributed by atoms with E-state index in [0.29, 0.717) is 11.3 Å². The number of ether oxygens (including phenoxy) is 1. The highest BCUT2D eigenvalue weighted by Crippen LogP contribution is 2.26. The van der Waals surface area contributed by atoms with Crippen LogP contribution in [-0.2, 0) is 10.0 Å². The number of hydrogen-bond acceptors (Lipinski definition) is 4. The molecule has 0 saturated carbocycles. The Bertz CT molecular complexity index is 523. The highest BCUT2D eigenvalue weighted by molar-refractivity contribution is 7.89. The first kappa shape index (κ1) is 14.9. The van der Waals surface area contributed by atoms with E-state index in [1.807, 2.05) is 6.92 Å². The molecule has 0 aromatic heterocycles. The predicted molar refractivity (Wildman–Crippen MR) is 69.3 cm³/mol. The minimum Gasteiger partial charge on any atom is -0.496 e. The van der Waals surface area contributed by atoms with Gasteiger partial charge >= 0.3 is 0 Å². The second-order valence-electron chi connectivity index (χ2n) is 4.22. The van der Waals surface area contributed by atoms with Crippen molar-refractivity contribution < 1.29 is 18.3 Å². The smallest absolute Gasteiger partial charge is 0.240 e. The lowest BCUT2D eigenvalue weighted by Crippen LogP contribution is -2.31. The van der Waals surface area contributed by atoms with Crippen molar-refractivity contribution in [2.75, 3.05) is 13.7 Å². The van der Waals surface area contributed by atoms with Crippen LogP contribution >= 0.6 is 0 Å². The van der Waals surface area contributed by atoms with Crippen LogP contribution in [0.4, 0.5) is 0 Å². The van der Waals surface area contributed by atoms with Crippen LogP contribution in [0.5, 0.6) is 5.75 Å². The maximum atomic E-state index is 12.0. The van der Waals surface area contributed by atoms with Crippen molar-refractivity contribution in [2.45, 2.75) is 31.8 Å². The van der Waals surface area contributed by atoms with Gasteiger partial charge in [0.1, 0.15) is 5.75 Å². The molecule has 0 radical (unpaired) electrons. The largest absolute Gasteiger partial charge is 0.496 e. The summed E-state index contributed by atoms with van der Waals surface area (Å²) >= 11 is 0. The number of methoxy groups -OCH3 is 1. The Balaban J connectivity index is 3.14. The molecule has 0 heterocycles. The third-order valence-electron chi connectivity index (χ3n) is 2.77. The van der Waals surface area contributed by atoms with Crippen LogP contribution in [0.1, 0.15) is 18.1 Å². The zero-order valence-electron chi connectivity index (χ0n) is 11.0. The number of hydrogen-bond donors (Lipinski definition) is 2. The Morgan fingerprint density at radius 1 is 1.33 bits per heavy atom. The number of aliphatic hydroxyl groups is 1. The van der Waals surface area contributed by atoms with E-state index in [4.69, 9.17) is 9.84 Å². The molecule has 0 aliphatic heterocycles. The minimum atomic E-state index is -3.60. The van der Waals surface area contributed by atoms with Gasteiger partial charge in [0.25, 0.3) is 0 Å². The summed E-state index contributed by atoms with van der Waals surface area (Å²) in [6.07, 6.45) is -0.723. The van der Waals surface area contributed by atoms with Crippen LogP contribution in [-0.4, -0.2) is 33.3 Å². The Labute approximate surface area is 108 Å². The molecule has 2 N–H and O–H groups in total. The monoisotopic (exact) mass is 273 g/mol. The summed E-state index contributed by atoms with van der Waals surface area (Å²) in [6.45, 7) is 5.05. The predicted octanol–water partition coefficient (Wildman–Crippen LogP) is 0.971. The van der Waals surface area contributed by atoms with Gasteiger partial charge < -0.3 is 9.84 Å². The zero-order chi connectivity index (χ0) is 13.9. The molecule has 0 bridgehead atoms. The third kappa shape index (κ3) is 3.22. The lowest BCUT2D eigenvalue weighted by molar-refractivity contribution is 0.198. The van der Waals surface area contributed by atoms with Crippen molar-refractivity contribution in [3.05, 3.63) is 23.3 Å². The summed E-state index contributed by atoms with van der Waals surface area (Å²) in [6, 6.07) is 3.13. The van der Waals surface area contributed by atoms with Crippen molar-refractivity contribution in [3.63, 3.8) is 0 Å². The molecule has 0 amide bonds. The van der Waals surface area contributed by atoms with E-state index in [9.17, 15) is 8.42 Å². The summed E-state index contributed by atoms with van der Waals surface area (Å²) in [5, 5.41) is 9.12. The Hall–Kier alpha value is -1.11. The molecule has 18 heavy (non-hydrogen) atoms. The van der Waals surface area contributed by atoms with Crippen LogP contribution in [0.2, 0.25) is 0 Å². The fourth-order valence-electron chi connectivity index (χ4n) is 1.59. The standard InChI is InChI=1S/C12H19NO4S/c1-8(14)7-13-18(15,16)12-6-5-11(17-4)9(2)10(12)3/h5-6,8,13-14H,7H2,1-4H3/t8-/m0/s1. The van der Waals surface area contributed by atoms with Gasteiger partial charge in [0.05, 0.1) is 18.1 Å². The minimum absolute atomic E-state index is 0.00709.